The molecule has 5 nitrogen and oxygen atoms in total. The zero-order valence-corrected chi connectivity index (χ0v) is 11.8. The summed E-state index contributed by atoms with van der Waals surface area (Å²) in [5, 5.41) is 38.3. The monoisotopic (exact) mass is 300 g/mol. The summed E-state index contributed by atoms with van der Waals surface area (Å²) in [6.07, 6.45) is -3.76. The van der Waals surface area contributed by atoms with E-state index in [2.05, 4.69) is 0 Å². The zero-order valence-electron chi connectivity index (χ0n) is 11.0. The maximum absolute atomic E-state index is 9.88. The van der Waals surface area contributed by atoms with Crippen molar-refractivity contribution in [3.05, 3.63) is 35.9 Å². The van der Waals surface area contributed by atoms with Gasteiger partial charge in [-0.3, -0.25) is 0 Å². The van der Waals surface area contributed by atoms with Crippen molar-refractivity contribution in [1.29, 1.82) is 0 Å². The van der Waals surface area contributed by atoms with Crippen molar-refractivity contribution >= 4 is 11.8 Å². The molecule has 1 heterocycles. The molecular formula is C14H20O5S. The standard InChI is InChI=1S/C14H20O5S/c15-8-10-11(16)12(17)13(18)14(19-10)20-7-6-9-4-2-1-3-5-9/h1-5,10-18H,6-8H2/t10-,11-,12+,13-,14-/m0/s1. The van der Waals surface area contributed by atoms with E-state index in [1.54, 1.807) is 0 Å². The Morgan fingerprint density at radius 1 is 1.00 bits per heavy atom. The lowest BCUT2D eigenvalue weighted by Gasteiger charge is -2.39. The summed E-state index contributed by atoms with van der Waals surface area (Å²) in [5.74, 6) is 0.715. The quantitative estimate of drug-likeness (QED) is 0.600. The van der Waals surface area contributed by atoms with Crippen LogP contribution in [0.4, 0.5) is 0 Å². The molecule has 0 radical (unpaired) electrons. The average molecular weight is 300 g/mol. The maximum atomic E-state index is 9.88. The summed E-state index contributed by atoms with van der Waals surface area (Å²) in [7, 11) is 0. The summed E-state index contributed by atoms with van der Waals surface area (Å²) in [6, 6.07) is 9.93. The van der Waals surface area contributed by atoms with Crippen molar-refractivity contribution in [2.24, 2.45) is 0 Å². The molecule has 0 aromatic heterocycles. The fourth-order valence-electron chi connectivity index (χ4n) is 2.14. The van der Waals surface area contributed by atoms with Crippen LogP contribution >= 0.6 is 11.8 Å². The minimum Gasteiger partial charge on any atom is -0.394 e. The summed E-state index contributed by atoms with van der Waals surface area (Å²) in [6.45, 7) is -0.388. The van der Waals surface area contributed by atoms with Crippen LogP contribution in [0.1, 0.15) is 5.56 Å². The number of aliphatic hydroxyl groups is 4. The first-order valence-corrected chi connectivity index (χ1v) is 7.64. The molecule has 2 rings (SSSR count). The molecule has 0 saturated carbocycles. The number of thioether (sulfide) groups is 1. The third-order valence-corrected chi connectivity index (χ3v) is 4.52. The van der Waals surface area contributed by atoms with Crippen molar-refractivity contribution in [3.63, 3.8) is 0 Å². The van der Waals surface area contributed by atoms with Gasteiger partial charge in [-0.1, -0.05) is 30.3 Å². The van der Waals surface area contributed by atoms with Gasteiger partial charge in [0, 0.05) is 0 Å². The van der Waals surface area contributed by atoms with Gasteiger partial charge in [-0.2, -0.15) is 0 Å². The molecule has 20 heavy (non-hydrogen) atoms. The molecule has 1 fully saturated rings. The highest BCUT2D eigenvalue weighted by Crippen LogP contribution is 2.28. The van der Waals surface area contributed by atoms with Crippen LogP contribution in [0.5, 0.6) is 0 Å². The van der Waals surface area contributed by atoms with Crippen molar-refractivity contribution in [1.82, 2.24) is 0 Å². The second kappa shape index (κ2) is 7.40. The van der Waals surface area contributed by atoms with E-state index in [0.29, 0.717) is 5.75 Å². The minimum atomic E-state index is -1.30. The van der Waals surface area contributed by atoms with E-state index in [-0.39, 0.29) is 6.61 Å². The average Bonchev–Trinajstić information content (AvgIpc) is 2.48. The number of ether oxygens (including phenoxy) is 1. The van der Waals surface area contributed by atoms with Gasteiger partial charge in [-0.15, -0.1) is 11.8 Å². The van der Waals surface area contributed by atoms with Gasteiger partial charge in [-0.25, -0.2) is 0 Å². The molecule has 0 aliphatic carbocycles. The first-order chi connectivity index (χ1) is 9.63. The molecule has 0 amide bonds. The van der Waals surface area contributed by atoms with Crippen molar-refractivity contribution in [2.75, 3.05) is 12.4 Å². The minimum absolute atomic E-state index is 0.388. The lowest BCUT2D eigenvalue weighted by Crippen LogP contribution is -2.57. The molecular weight excluding hydrogens is 280 g/mol. The van der Waals surface area contributed by atoms with Gasteiger partial charge >= 0.3 is 0 Å². The number of aryl methyl sites for hydroxylation is 1. The van der Waals surface area contributed by atoms with Crippen LogP contribution in [-0.4, -0.2) is 62.6 Å². The van der Waals surface area contributed by atoms with Crippen LogP contribution in [0.2, 0.25) is 0 Å². The largest absolute Gasteiger partial charge is 0.394 e. The van der Waals surface area contributed by atoms with Gasteiger partial charge < -0.3 is 25.2 Å². The SMILES string of the molecule is OC[C@@H]1O[C@@H](SCCc2ccccc2)[C@@H](O)[C@H](O)[C@H]1O. The summed E-state index contributed by atoms with van der Waals surface area (Å²) in [4.78, 5) is 0. The number of benzene rings is 1. The van der Waals surface area contributed by atoms with E-state index in [0.717, 1.165) is 6.42 Å². The molecule has 0 spiro atoms. The maximum Gasteiger partial charge on any atom is 0.132 e. The lowest BCUT2D eigenvalue weighted by atomic mass is 10.0. The molecule has 5 atom stereocenters. The van der Waals surface area contributed by atoms with Gasteiger partial charge in [0.15, 0.2) is 0 Å². The Balaban J connectivity index is 1.85. The molecule has 1 aromatic rings. The van der Waals surface area contributed by atoms with Gasteiger partial charge in [0.1, 0.15) is 29.9 Å². The molecule has 6 heteroatoms. The van der Waals surface area contributed by atoms with E-state index in [1.807, 2.05) is 30.3 Å². The third-order valence-electron chi connectivity index (χ3n) is 3.36. The molecule has 0 unspecified atom stereocenters. The number of hydrogen-bond acceptors (Lipinski definition) is 6. The van der Waals surface area contributed by atoms with Crippen LogP contribution in [0.15, 0.2) is 30.3 Å². The van der Waals surface area contributed by atoms with E-state index < -0.39 is 29.9 Å². The Bertz CT molecular complexity index is 400. The first-order valence-electron chi connectivity index (χ1n) is 6.59. The van der Waals surface area contributed by atoms with Gasteiger partial charge in [-0.05, 0) is 17.7 Å². The Labute approximate surface area is 122 Å². The topological polar surface area (TPSA) is 90.2 Å². The fourth-order valence-corrected chi connectivity index (χ4v) is 3.31. The molecule has 1 saturated heterocycles. The second-order valence-corrected chi connectivity index (χ2v) is 6.01. The Kier molecular flexibility index (Phi) is 5.83. The lowest BCUT2D eigenvalue weighted by molar-refractivity contribution is -0.205. The predicted octanol–water partition coefficient (Wildman–Crippen LogP) is -0.238. The molecule has 0 bridgehead atoms. The van der Waals surface area contributed by atoms with E-state index in [1.165, 1.54) is 17.3 Å². The van der Waals surface area contributed by atoms with Crippen LogP contribution in [0, 0.1) is 0 Å². The first kappa shape index (κ1) is 15.8. The zero-order chi connectivity index (χ0) is 14.5. The van der Waals surface area contributed by atoms with Gasteiger partial charge in [0.05, 0.1) is 6.61 Å². The Morgan fingerprint density at radius 3 is 2.35 bits per heavy atom. The molecule has 1 aromatic carbocycles. The highest BCUT2D eigenvalue weighted by atomic mass is 32.2. The van der Waals surface area contributed by atoms with Crippen LogP contribution < -0.4 is 0 Å². The van der Waals surface area contributed by atoms with Crippen molar-refractivity contribution < 1.29 is 25.2 Å². The predicted molar refractivity (Wildman–Crippen MR) is 76.4 cm³/mol. The van der Waals surface area contributed by atoms with Crippen LogP contribution in [0.3, 0.4) is 0 Å². The number of aliphatic hydroxyl groups excluding tert-OH is 4. The molecule has 1 aliphatic heterocycles. The molecule has 1 aliphatic rings. The Hall–Kier alpha value is -0.630. The third kappa shape index (κ3) is 3.72. The number of rotatable bonds is 5. The molecule has 4 N–H and O–H groups in total. The van der Waals surface area contributed by atoms with E-state index in [9.17, 15) is 15.3 Å². The number of hydrogen-bond donors (Lipinski definition) is 4. The second-order valence-electron chi connectivity index (χ2n) is 4.80. The smallest absolute Gasteiger partial charge is 0.132 e. The highest BCUT2D eigenvalue weighted by molar-refractivity contribution is 7.99. The molecule has 112 valence electrons. The van der Waals surface area contributed by atoms with Gasteiger partial charge in [0.25, 0.3) is 0 Å². The van der Waals surface area contributed by atoms with Gasteiger partial charge in [0.2, 0.25) is 0 Å². The van der Waals surface area contributed by atoms with Crippen LogP contribution in [0.25, 0.3) is 0 Å². The van der Waals surface area contributed by atoms with Crippen molar-refractivity contribution in [2.45, 2.75) is 36.3 Å². The Morgan fingerprint density at radius 2 is 1.70 bits per heavy atom. The summed E-state index contributed by atoms with van der Waals surface area (Å²) >= 11 is 1.37. The van der Waals surface area contributed by atoms with Crippen LogP contribution in [-0.2, 0) is 11.2 Å². The fraction of sp³-hybridized carbons (Fsp3) is 0.571. The summed E-state index contributed by atoms with van der Waals surface area (Å²) in [5.41, 5.74) is 0.541. The normalized spacial score (nSPS) is 34.1. The van der Waals surface area contributed by atoms with E-state index >= 15 is 0 Å². The van der Waals surface area contributed by atoms with Crippen molar-refractivity contribution in [3.8, 4) is 0 Å². The summed E-state index contributed by atoms with van der Waals surface area (Å²) < 4.78 is 5.42. The highest BCUT2D eigenvalue weighted by Gasteiger charge is 2.43. The van der Waals surface area contributed by atoms with E-state index in [4.69, 9.17) is 9.84 Å².